The largest absolute Gasteiger partial charge is 0.355 e. The molecule has 2 aliphatic rings. The summed E-state index contributed by atoms with van der Waals surface area (Å²) in [6.45, 7) is 4.69. The van der Waals surface area contributed by atoms with E-state index in [1.165, 1.54) is 5.56 Å². The van der Waals surface area contributed by atoms with Gasteiger partial charge >= 0.3 is 0 Å². The third-order valence-corrected chi connectivity index (χ3v) is 6.87. The number of carbonyl (C=O) groups is 1. The molecular formula is C20H33N5OS. The van der Waals surface area contributed by atoms with Crippen LogP contribution < -0.4 is 10.6 Å². The molecule has 1 aromatic heterocycles. The van der Waals surface area contributed by atoms with Gasteiger partial charge in [-0.2, -0.15) is 0 Å². The van der Waals surface area contributed by atoms with Gasteiger partial charge in [0.25, 0.3) is 0 Å². The van der Waals surface area contributed by atoms with E-state index in [1.54, 1.807) is 16.8 Å². The number of guanidine groups is 1. The van der Waals surface area contributed by atoms with E-state index in [4.69, 9.17) is 0 Å². The molecule has 2 heterocycles. The normalized spacial score (nSPS) is 19.6. The molecule has 0 atom stereocenters. The fourth-order valence-electron chi connectivity index (χ4n) is 4.30. The van der Waals surface area contributed by atoms with Gasteiger partial charge in [0.05, 0.1) is 5.41 Å². The fourth-order valence-corrected chi connectivity index (χ4v) is 5.19. The summed E-state index contributed by atoms with van der Waals surface area (Å²) in [7, 11) is 5.50. The lowest BCUT2D eigenvalue weighted by molar-refractivity contribution is -0.138. The quantitative estimate of drug-likeness (QED) is 0.575. The second kappa shape index (κ2) is 9.06. The molecule has 1 aliphatic carbocycles. The van der Waals surface area contributed by atoms with Gasteiger partial charge in [0.1, 0.15) is 0 Å². The minimum Gasteiger partial charge on any atom is -0.355 e. The van der Waals surface area contributed by atoms with Gasteiger partial charge in [-0.3, -0.25) is 14.7 Å². The van der Waals surface area contributed by atoms with E-state index in [-0.39, 0.29) is 11.3 Å². The monoisotopic (exact) mass is 391 g/mol. The lowest BCUT2D eigenvalue weighted by Crippen LogP contribution is -2.50. The average Bonchev–Trinajstić information content (AvgIpc) is 3.33. The molecule has 0 saturated heterocycles. The number of thiophene rings is 1. The van der Waals surface area contributed by atoms with E-state index in [2.05, 4.69) is 32.0 Å². The predicted molar refractivity (Wildman–Crippen MR) is 112 cm³/mol. The molecule has 1 saturated carbocycles. The summed E-state index contributed by atoms with van der Waals surface area (Å²) in [4.78, 5) is 22.8. The van der Waals surface area contributed by atoms with Crippen LogP contribution in [0.15, 0.2) is 16.4 Å². The molecule has 3 rings (SSSR count). The van der Waals surface area contributed by atoms with E-state index >= 15 is 0 Å². The maximum absolute atomic E-state index is 12.7. The number of nitrogens with zero attached hydrogens (tertiary/aromatic N) is 3. The number of hydrogen-bond acceptors (Lipinski definition) is 4. The van der Waals surface area contributed by atoms with Crippen molar-refractivity contribution in [1.29, 1.82) is 0 Å². The van der Waals surface area contributed by atoms with Crippen molar-refractivity contribution in [3.63, 3.8) is 0 Å². The first-order chi connectivity index (χ1) is 13.0. The Kier molecular flexibility index (Phi) is 6.76. The SMILES string of the molecule is CN=C(NCCN1CCc2sccc2C1)NCC1(C(=O)N(C)C)CCCC1. The summed E-state index contributed by atoms with van der Waals surface area (Å²) in [5.41, 5.74) is 1.21. The predicted octanol–water partition coefficient (Wildman–Crippen LogP) is 1.92. The number of fused-ring (bicyclic) bond motifs is 1. The van der Waals surface area contributed by atoms with E-state index in [9.17, 15) is 4.79 Å². The summed E-state index contributed by atoms with van der Waals surface area (Å²) < 4.78 is 0. The van der Waals surface area contributed by atoms with Crippen molar-refractivity contribution < 1.29 is 4.79 Å². The molecule has 150 valence electrons. The van der Waals surface area contributed by atoms with Crippen molar-refractivity contribution >= 4 is 23.2 Å². The highest BCUT2D eigenvalue weighted by molar-refractivity contribution is 7.10. The van der Waals surface area contributed by atoms with Crippen LogP contribution in [-0.2, 0) is 17.8 Å². The van der Waals surface area contributed by atoms with Gasteiger partial charge in [-0.15, -0.1) is 11.3 Å². The van der Waals surface area contributed by atoms with Crippen molar-refractivity contribution in [1.82, 2.24) is 20.4 Å². The maximum Gasteiger partial charge on any atom is 0.230 e. The molecule has 6 nitrogen and oxygen atoms in total. The third kappa shape index (κ3) is 4.82. The first kappa shape index (κ1) is 20.1. The Bertz CT molecular complexity index is 663. The molecule has 0 aromatic carbocycles. The highest BCUT2D eigenvalue weighted by atomic mass is 32.1. The average molecular weight is 392 g/mol. The number of carbonyl (C=O) groups excluding carboxylic acids is 1. The molecule has 0 unspecified atom stereocenters. The van der Waals surface area contributed by atoms with Gasteiger partial charge in [-0.1, -0.05) is 12.8 Å². The standard InChI is InChI=1S/C20H33N5OS/c1-21-19(23-15-20(8-4-5-9-20)18(26)24(2)3)22-10-12-25-11-6-17-16(14-25)7-13-27-17/h7,13H,4-6,8-12,14-15H2,1-3H3,(H2,21,22,23). The third-order valence-electron chi connectivity index (χ3n) is 5.85. The maximum atomic E-state index is 12.7. The first-order valence-electron chi connectivity index (χ1n) is 9.98. The van der Waals surface area contributed by atoms with Gasteiger partial charge in [0, 0.05) is 58.7 Å². The topological polar surface area (TPSA) is 60.0 Å². The Morgan fingerprint density at radius 2 is 2.11 bits per heavy atom. The van der Waals surface area contributed by atoms with E-state index in [0.29, 0.717) is 6.54 Å². The Hall–Kier alpha value is -1.60. The summed E-state index contributed by atoms with van der Waals surface area (Å²) >= 11 is 1.88. The molecule has 1 fully saturated rings. The zero-order chi connectivity index (χ0) is 19.3. The van der Waals surface area contributed by atoms with Crippen molar-refractivity contribution in [2.75, 3.05) is 47.3 Å². The Balaban J connectivity index is 1.45. The molecule has 1 amide bonds. The van der Waals surface area contributed by atoms with Gasteiger partial charge in [-0.25, -0.2) is 0 Å². The fraction of sp³-hybridized carbons (Fsp3) is 0.700. The molecular weight excluding hydrogens is 358 g/mol. The van der Waals surface area contributed by atoms with Crippen LogP contribution in [0, 0.1) is 5.41 Å². The lowest BCUT2D eigenvalue weighted by atomic mass is 9.84. The number of rotatable bonds is 6. The van der Waals surface area contributed by atoms with Gasteiger partial charge in [-0.05, 0) is 36.3 Å². The first-order valence-corrected chi connectivity index (χ1v) is 10.9. The number of nitrogens with one attached hydrogen (secondary N) is 2. The second-order valence-corrected chi connectivity index (χ2v) is 8.94. The highest BCUT2D eigenvalue weighted by Gasteiger charge is 2.42. The summed E-state index contributed by atoms with van der Waals surface area (Å²) in [6, 6.07) is 2.25. The van der Waals surface area contributed by atoms with Gasteiger partial charge in [0.2, 0.25) is 5.91 Å². The van der Waals surface area contributed by atoms with Crippen LogP contribution in [0.5, 0.6) is 0 Å². The van der Waals surface area contributed by atoms with E-state index in [0.717, 1.165) is 64.2 Å². The second-order valence-electron chi connectivity index (χ2n) is 7.93. The van der Waals surface area contributed by atoms with Crippen LogP contribution in [-0.4, -0.2) is 69.0 Å². The molecule has 7 heteroatoms. The molecule has 0 radical (unpaired) electrons. The lowest BCUT2D eigenvalue weighted by Gasteiger charge is -2.31. The van der Waals surface area contributed by atoms with E-state index < -0.39 is 0 Å². The molecule has 0 bridgehead atoms. The van der Waals surface area contributed by atoms with Crippen molar-refractivity contribution in [3.8, 4) is 0 Å². The van der Waals surface area contributed by atoms with Crippen molar-refractivity contribution in [2.24, 2.45) is 10.4 Å². The number of amides is 1. The summed E-state index contributed by atoms with van der Waals surface area (Å²) in [5.74, 6) is 1.03. The minimum absolute atomic E-state index is 0.239. The number of hydrogen-bond donors (Lipinski definition) is 2. The smallest absolute Gasteiger partial charge is 0.230 e. The molecule has 2 N–H and O–H groups in total. The minimum atomic E-state index is -0.274. The Labute approximate surface area is 167 Å². The van der Waals surface area contributed by atoms with Gasteiger partial charge in [0.15, 0.2) is 5.96 Å². The van der Waals surface area contributed by atoms with E-state index in [1.807, 2.05) is 25.4 Å². The molecule has 1 aliphatic heterocycles. The van der Waals surface area contributed by atoms with Crippen LogP contribution in [0.4, 0.5) is 0 Å². The Morgan fingerprint density at radius 3 is 2.81 bits per heavy atom. The molecule has 27 heavy (non-hydrogen) atoms. The highest BCUT2D eigenvalue weighted by Crippen LogP contribution is 2.38. The van der Waals surface area contributed by atoms with Crippen LogP contribution in [0.2, 0.25) is 0 Å². The molecule has 0 spiro atoms. The van der Waals surface area contributed by atoms with Crippen LogP contribution in [0.3, 0.4) is 0 Å². The zero-order valence-electron chi connectivity index (χ0n) is 16.9. The molecule has 1 aromatic rings. The van der Waals surface area contributed by atoms with Crippen molar-refractivity contribution in [2.45, 2.75) is 38.6 Å². The Morgan fingerprint density at radius 1 is 1.33 bits per heavy atom. The number of aliphatic imine (C=N–C) groups is 1. The summed E-state index contributed by atoms with van der Waals surface area (Å²) in [5, 5.41) is 9.03. The van der Waals surface area contributed by atoms with Gasteiger partial charge < -0.3 is 15.5 Å². The van der Waals surface area contributed by atoms with Crippen LogP contribution in [0.25, 0.3) is 0 Å². The van der Waals surface area contributed by atoms with Crippen molar-refractivity contribution in [3.05, 3.63) is 21.9 Å². The van der Waals surface area contributed by atoms with Crippen LogP contribution in [0.1, 0.15) is 36.1 Å². The van der Waals surface area contributed by atoms with Crippen LogP contribution >= 0.6 is 11.3 Å². The summed E-state index contributed by atoms with van der Waals surface area (Å²) in [6.07, 6.45) is 5.35. The zero-order valence-corrected chi connectivity index (χ0v) is 17.7.